The van der Waals surface area contributed by atoms with Crippen molar-refractivity contribution in [3.8, 4) is 0 Å². The highest BCUT2D eigenvalue weighted by Gasteiger charge is 2.47. The number of nitrogens with one attached hydrogen (secondary N) is 1. The van der Waals surface area contributed by atoms with Crippen molar-refractivity contribution < 1.29 is 14.9 Å². The average Bonchev–Trinajstić information content (AvgIpc) is 3.23. The second-order valence-corrected chi connectivity index (χ2v) is 6.07. The van der Waals surface area contributed by atoms with Crippen molar-refractivity contribution in [2.24, 2.45) is 5.73 Å². The van der Waals surface area contributed by atoms with Crippen LogP contribution in [0.25, 0.3) is 10.9 Å². The maximum absolute atomic E-state index is 11.0. The highest BCUT2D eigenvalue weighted by Crippen LogP contribution is 2.34. The third kappa shape index (κ3) is 2.96. The molecule has 3 rings (SSSR count). The van der Waals surface area contributed by atoms with E-state index in [2.05, 4.69) is 4.98 Å². The lowest BCUT2D eigenvalue weighted by Crippen LogP contribution is -2.47. The second-order valence-electron chi connectivity index (χ2n) is 6.07. The number of fused-ring (bicyclic) bond motifs is 1. The number of nitrogens with two attached hydrogens (primary N) is 1. The third-order valence-corrected chi connectivity index (χ3v) is 4.31. The monoisotopic (exact) mass is 290 g/mol. The largest absolute Gasteiger partial charge is 0.392 e. The van der Waals surface area contributed by atoms with Crippen LogP contribution in [0, 0.1) is 0 Å². The maximum atomic E-state index is 11.0. The summed E-state index contributed by atoms with van der Waals surface area (Å²) in [6, 6.07) is 7.52. The highest BCUT2D eigenvalue weighted by molar-refractivity contribution is 5.83. The van der Waals surface area contributed by atoms with E-state index in [-0.39, 0.29) is 6.10 Å². The van der Waals surface area contributed by atoms with E-state index in [1.54, 1.807) is 6.92 Å². The average molecular weight is 290 g/mol. The Labute approximate surface area is 123 Å². The molecule has 5 N–H and O–H groups in total. The van der Waals surface area contributed by atoms with Crippen molar-refractivity contribution in [3.05, 3.63) is 36.0 Å². The first-order valence-corrected chi connectivity index (χ1v) is 7.32. The zero-order chi connectivity index (χ0) is 15.0. The van der Waals surface area contributed by atoms with Crippen LogP contribution in [0.4, 0.5) is 0 Å². The number of aromatic nitrogens is 1. The Morgan fingerprint density at radius 2 is 2.19 bits per heavy atom. The number of epoxide rings is 1. The molecule has 2 heterocycles. The van der Waals surface area contributed by atoms with Gasteiger partial charge >= 0.3 is 0 Å². The van der Waals surface area contributed by atoms with Crippen molar-refractivity contribution in [1.29, 1.82) is 0 Å². The normalized spacial score (nSPS) is 23.7. The number of H-pyrrole nitrogens is 1. The van der Waals surface area contributed by atoms with Crippen molar-refractivity contribution >= 4 is 10.9 Å². The smallest absolute Gasteiger partial charge is 0.110 e. The fourth-order valence-corrected chi connectivity index (χ4v) is 2.86. The molecule has 0 amide bonds. The van der Waals surface area contributed by atoms with Crippen LogP contribution in [0.3, 0.4) is 0 Å². The lowest BCUT2D eigenvalue weighted by molar-refractivity contribution is -0.0134. The molecule has 0 aliphatic carbocycles. The van der Waals surface area contributed by atoms with Crippen LogP contribution >= 0.6 is 0 Å². The Morgan fingerprint density at radius 1 is 1.48 bits per heavy atom. The predicted octanol–water partition coefficient (Wildman–Crippen LogP) is 0.938. The van der Waals surface area contributed by atoms with Crippen LogP contribution in [0.15, 0.2) is 30.5 Å². The molecule has 1 aromatic carbocycles. The zero-order valence-electron chi connectivity index (χ0n) is 12.1. The van der Waals surface area contributed by atoms with Gasteiger partial charge in [0.2, 0.25) is 0 Å². The van der Waals surface area contributed by atoms with Gasteiger partial charge in [-0.25, -0.2) is 0 Å². The molecule has 4 atom stereocenters. The fraction of sp³-hybridized carbons (Fsp3) is 0.500. The van der Waals surface area contributed by atoms with Gasteiger partial charge in [-0.15, -0.1) is 0 Å². The Bertz CT molecular complexity index is 621. The summed E-state index contributed by atoms with van der Waals surface area (Å²) in [5.41, 5.74) is 6.99. The molecule has 1 fully saturated rings. The number of benzene rings is 1. The summed E-state index contributed by atoms with van der Waals surface area (Å²) in [4.78, 5) is 3.21. The molecule has 114 valence electrons. The fourth-order valence-electron chi connectivity index (χ4n) is 2.86. The molecule has 21 heavy (non-hydrogen) atoms. The Kier molecular flexibility index (Phi) is 3.75. The first-order valence-electron chi connectivity index (χ1n) is 7.32. The molecule has 0 radical (unpaired) electrons. The molecule has 1 aliphatic rings. The van der Waals surface area contributed by atoms with E-state index in [1.807, 2.05) is 30.5 Å². The van der Waals surface area contributed by atoms with E-state index < -0.39 is 17.7 Å². The van der Waals surface area contributed by atoms with Crippen molar-refractivity contribution in [1.82, 2.24) is 4.98 Å². The maximum Gasteiger partial charge on any atom is 0.110 e. The molecule has 0 saturated carbocycles. The van der Waals surface area contributed by atoms with Gasteiger partial charge in [0.25, 0.3) is 0 Å². The van der Waals surface area contributed by atoms with Crippen molar-refractivity contribution in [2.45, 2.75) is 43.6 Å². The lowest BCUT2D eigenvalue weighted by Gasteiger charge is -2.30. The third-order valence-electron chi connectivity index (χ3n) is 4.31. The standard InChI is InChI=1S/C16H22N2O3/c1-10(19)13(17)7-16(20,15-9-21-15)6-11-8-18-14-5-3-2-4-12(11)14/h2-5,8,10,13,15,18-20H,6-7,9,17H2,1H3/t10?,13-,15?,16+/m1/s1. The number of aliphatic hydroxyl groups is 2. The van der Waals surface area contributed by atoms with Crippen LogP contribution in [0.1, 0.15) is 18.9 Å². The van der Waals surface area contributed by atoms with E-state index in [0.29, 0.717) is 19.4 Å². The highest BCUT2D eigenvalue weighted by atomic mass is 16.6. The minimum absolute atomic E-state index is 0.198. The SMILES string of the molecule is CC(O)[C@H](N)C[C@@](O)(Cc1c[nH]c2ccccc12)C1CO1. The van der Waals surface area contributed by atoms with Crippen LogP contribution in [0.2, 0.25) is 0 Å². The molecule has 5 heteroatoms. The van der Waals surface area contributed by atoms with E-state index in [9.17, 15) is 10.2 Å². The van der Waals surface area contributed by atoms with Crippen molar-refractivity contribution in [2.75, 3.05) is 6.61 Å². The minimum atomic E-state index is -1.04. The van der Waals surface area contributed by atoms with Crippen LogP contribution in [0.5, 0.6) is 0 Å². The summed E-state index contributed by atoms with van der Waals surface area (Å²) in [7, 11) is 0. The van der Waals surface area contributed by atoms with Gasteiger partial charge in [-0.3, -0.25) is 0 Å². The van der Waals surface area contributed by atoms with E-state index in [0.717, 1.165) is 16.5 Å². The molecule has 1 saturated heterocycles. The van der Waals surface area contributed by atoms with Gasteiger partial charge in [-0.1, -0.05) is 18.2 Å². The molecule has 5 nitrogen and oxygen atoms in total. The summed E-state index contributed by atoms with van der Waals surface area (Å²) in [6.07, 6.45) is 1.84. The van der Waals surface area contributed by atoms with Crippen LogP contribution in [-0.4, -0.2) is 45.7 Å². The second kappa shape index (κ2) is 5.42. The Balaban J connectivity index is 1.85. The van der Waals surface area contributed by atoms with E-state index in [4.69, 9.17) is 10.5 Å². The number of aromatic amines is 1. The number of para-hydroxylation sites is 1. The van der Waals surface area contributed by atoms with Gasteiger partial charge in [0.15, 0.2) is 0 Å². The molecule has 2 unspecified atom stereocenters. The van der Waals surface area contributed by atoms with Gasteiger partial charge < -0.3 is 25.7 Å². The molecule has 2 aromatic rings. The summed E-state index contributed by atoms with van der Waals surface area (Å²) in [5, 5.41) is 21.7. The minimum Gasteiger partial charge on any atom is -0.392 e. The van der Waals surface area contributed by atoms with E-state index >= 15 is 0 Å². The summed E-state index contributed by atoms with van der Waals surface area (Å²) in [6.45, 7) is 2.19. The Morgan fingerprint density at radius 3 is 2.86 bits per heavy atom. The topological polar surface area (TPSA) is 94.8 Å². The van der Waals surface area contributed by atoms with Crippen LogP contribution < -0.4 is 5.73 Å². The molecule has 1 aromatic heterocycles. The van der Waals surface area contributed by atoms with Gasteiger partial charge in [-0.2, -0.15) is 0 Å². The van der Waals surface area contributed by atoms with Crippen LogP contribution in [-0.2, 0) is 11.2 Å². The summed E-state index contributed by atoms with van der Waals surface area (Å²) < 4.78 is 5.32. The van der Waals surface area contributed by atoms with Gasteiger partial charge in [0.1, 0.15) is 6.10 Å². The molecule has 0 bridgehead atoms. The molecule has 1 aliphatic heterocycles. The first-order chi connectivity index (χ1) is 9.99. The zero-order valence-corrected chi connectivity index (χ0v) is 12.1. The molecular weight excluding hydrogens is 268 g/mol. The van der Waals surface area contributed by atoms with Gasteiger partial charge in [0.05, 0.1) is 18.3 Å². The van der Waals surface area contributed by atoms with E-state index in [1.165, 1.54) is 0 Å². The number of aliphatic hydroxyl groups excluding tert-OH is 1. The summed E-state index contributed by atoms with van der Waals surface area (Å²) in [5.74, 6) is 0. The lowest BCUT2D eigenvalue weighted by atomic mass is 9.84. The summed E-state index contributed by atoms with van der Waals surface area (Å²) >= 11 is 0. The Hall–Kier alpha value is -1.40. The van der Waals surface area contributed by atoms with Crippen molar-refractivity contribution in [3.63, 3.8) is 0 Å². The predicted molar refractivity (Wildman–Crippen MR) is 81.0 cm³/mol. The molecule has 0 spiro atoms. The first kappa shape index (κ1) is 14.5. The van der Waals surface area contributed by atoms with Gasteiger partial charge in [-0.05, 0) is 25.0 Å². The number of ether oxygens (including phenoxy) is 1. The van der Waals surface area contributed by atoms with Gasteiger partial charge in [0, 0.05) is 29.6 Å². The quantitative estimate of drug-likeness (QED) is 0.595. The number of hydrogen-bond donors (Lipinski definition) is 4. The molecular formula is C16H22N2O3. The number of rotatable bonds is 6. The number of hydrogen-bond acceptors (Lipinski definition) is 4.